The molecule has 0 amide bonds. The maximum absolute atomic E-state index is 4.62. The van der Waals surface area contributed by atoms with Gasteiger partial charge in [-0.05, 0) is 61.7 Å². The normalized spacial score (nSPS) is 10.8. The molecule has 0 spiro atoms. The van der Waals surface area contributed by atoms with Gasteiger partial charge in [-0.3, -0.25) is 10.4 Å². The van der Waals surface area contributed by atoms with Crippen LogP contribution in [0.25, 0.3) is 21.9 Å². The fourth-order valence-electron chi connectivity index (χ4n) is 3.16. The Hall–Kier alpha value is -2.59. The van der Waals surface area contributed by atoms with E-state index in [-0.39, 0.29) is 12.4 Å². The molecule has 0 aliphatic carbocycles. The second kappa shape index (κ2) is 7.75. The Morgan fingerprint density at radius 1 is 0.962 bits per heavy atom. The summed E-state index contributed by atoms with van der Waals surface area (Å²) in [6.45, 7) is 4.24. The minimum Gasteiger partial charge on any atom is -0.293 e. The summed E-state index contributed by atoms with van der Waals surface area (Å²) in [5.41, 5.74) is 9.91. The van der Waals surface area contributed by atoms with Gasteiger partial charge in [0, 0.05) is 11.1 Å². The smallest absolute Gasteiger partial charge is 0.116 e. The van der Waals surface area contributed by atoms with Crippen molar-refractivity contribution >= 4 is 40.0 Å². The standard InChI is InChI=1S/C21H22N4.ClH/c1-3-4-5-16-7-9-17(10-8-16)24-25-14-22-20-13-12-19-18(21(20)25)11-6-15(2)23-19;/h6-14,24H,3-5H2,1-2H3;1H. The van der Waals surface area contributed by atoms with Crippen LogP contribution in [-0.2, 0) is 6.42 Å². The highest BCUT2D eigenvalue weighted by molar-refractivity contribution is 6.03. The molecule has 2 aromatic carbocycles. The molecule has 26 heavy (non-hydrogen) atoms. The Bertz CT molecular complexity index is 1020. The van der Waals surface area contributed by atoms with Crippen molar-refractivity contribution in [2.45, 2.75) is 33.1 Å². The first kappa shape index (κ1) is 18.2. The molecular formula is C21H23ClN4. The third-order valence-corrected chi connectivity index (χ3v) is 4.54. The predicted molar refractivity (Wildman–Crippen MR) is 111 cm³/mol. The molecule has 0 aliphatic heterocycles. The van der Waals surface area contributed by atoms with Crippen LogP contribution in [0.1, 0.15) is 31.0 Å². The van der Waals surface area contributed by atoms with Gasteiger partial charge in [0.1, 0.15) is 6.33 Å². The second-order valence-electron chi connectivity index (χ2n) is 6.48. The van der Waals surface area contributed by atoms with Gasteiger partial charge >= 0.3 is 0 Å². The van der Waals surface area contributed by atoms with E-state index in [1.54, 1.807) is 0 Å². The maximum Gasteiger partial charge on any atom is 0.116 e. The van der Waals surface area contributed by atoms with E-state index >= 15 is 0 Å². The van der Waals surface area contributed by atoms with Gasteiger partial charge in [-0.2, -0.15) is 0 Å². The van der Waals surface area contributed by atoms with Crippen molar-refractivity contribution in [3.8, 4) is 0 Å². The average Bonchev–Trinajstić information content (AvgIpc) is 3.04. The van der Waals surface area contributed by atoms with E-state index in [1.807, 2.05) is 36.1 Å². The maximum atomic E-state index is 4.62. The number of hydrogen-bond acceptors (Lipinski definition) is 3. The van der Waals surface area contributed by atoms with Crippen molar-refractivity contribution in [3.63, 3.8) is 0 Å². The molecule has 0 radical (unpaired) electrons. The molecule has 0 saturated carbocycles. The van der Waals surface area contributed by atoms with Crippen molar-refractivity contribution in [1.82, 2.24) is 14.6 Å². The fourth-order valence-corrected chi connectivity index (χ4v) is 3.16. The predicted octanol–water partition coefficient (Wildman–Crippen LogP) is 5.53. The molecule has 0 unspecified atom stereocenters. The lowest BCUT2D eigenvalue weighted by molar-refractivity contribution is 0.795. The molecule has 0 bridgehead atoms. The van der Waals surface area contributed by atoms with Gasteiger partial charge in [0.15, 0.2) is 0 Å². The average molecular weight is 367 g/mol. The van der Waals surface area contributed by atoms with Gasteiger partial charge in [0.25, 0.3) is 0 Å². The van der Waals surface area contributed by atoms with Crippen molar-refractivity contribution in [2.24, 2.45) is 0 Å². The quantitative estimate of drug-likeness (QED) is 0.504. The van der Waals surface area contributed by atoms with Gasteiger partial charge in [-0.1, -0.05) is 25.5 Å². The van der Waals surface area contributed by atoms with E-state index in [0.29, 0.717) is 0 Å². The number of unbranched alkanes of at least 4 members (excludes halogenated alkanes) is 1. The highest BCUT2D eigenvalue weighted by Crippen LogP contribution is 2.24. The molecule has 5 heteroatoms. The lowest BCUT2D eigenvalue weighted by atomic mass is 10.1. The van der Waals surface area contributed by atoms with Crippen molar-refractivity contribution in [3.05, 3.63) is 66.1 Å². The molecule has 1 N–H and O–H groups in total. The van der Waals surface area contributed by atoms with E-state index in [9.17, 15) is 0 Å². The van der Waals surface area contributed by atoms with Gasteiger partial charge < -0.3 is 0 Å². The van der Waals surface area contributed by atoms with E-state index in [0.717, 1.165) is 39.7 Å². The lowest BCUT2D eigenvalue weighted by Gasteiger charge is -2.11. The number of imidazole rings is 1. The number of nitrogens with zero attached hydrogens (tertiary/aromatic N) is 3. The first-order valence-corrected chi connectivity index (χ1v) is 8.84. The van der Waals surface area contributed by atoms with Crippen LogP contribution in [0, 0.1) is 6.92 Å². The number of halogens is 1. The number of anilines is 1. The first-order chi connectivity index (χ1) is 12.2. The van der Waals surface area contributed by atoms with Crippen LogP contribution in [-0.4, -0.2) is 14.6 Å². The van der Waals surface area contributed by atoms with Crippen LogP contribution < -0.4 is 5.43 Å². The molecule has 2 aromatic heterocycles. The molecule has 0 atom stereocenters. The van der Waals surface area contributed by atoms with Gasteiger partial charge in [0.2, 0.25) is 0 Å². The monoisotopic (exact) mass is 366 g/mol. The van der Waals surface area contributed by atoms with Crippen molar-refractivity contribution in [2.75, 3.05) is 5.43 Å². The zero-order valence-corrected chi connectivity index (χ0v) is 15.9. The molecular weight excluding hydrogens is 344 g/mol. The van der Waals surface area contributed by atoms with Crippen LogP contribution >= 0.6 is 12.4 Å². The SMILES string of the molecule is CCCCc1ccc(Nn2cnc3ccc4nc(C)ccc4c32)cc1.Cl. The third kappa shape index (κ3) is 3.51. The summed E-state index contributed by atoms with van der Waals surface area (Å²) in [5, 5.41) is 1.10. The molecule has 4 rings (SSSR count). The van der Waals surface area contributed by atoms with Gasteiger partial charge in [-0.25, -0.2) is 9.66 Å². The lowest BCUT2D eigenvalue weighted by Crippen LogP contribution is -2.07. The fraction of sp³-hybridized carbons (Fsp3) is 0.238. The Balaban J connectivity index is 0.00000196. The first-order valence-electron chi connectivity index (χ1n) is 8.84. The van der Waals surface area contributed by atoms with E-state index < -0.39 is 0 Å². The summed E-state index contributed by atoms with van der Waals surface area (Å²) in [7, 11) is 0. The van der Waals surface area contributed by atoms with Gasteiger partial charge in [-0.15, -0.1) is 12.4 Å². The minimum atomic E-state index is 0. The van der Waals surface area contributed by atoms with Gasteiger partial charge in [0.05, 0.1) is 22.2 Å². The Kier molecular flexibility index (Phi) is 5.43. The topological polar surface area (TPSA) is 42.7 Å². The second-order valence-corrected chi connectivity index (χ2v) is 6.48. The summed E-state index contributed by atoms with van der Waals surface area (Å²) < 4.78 is 1.98. The summed E-state index contributed by atoms with van der Waals surface area (Å²) in [4.78, 5) is 9.14. The molecule has 0 aliphatic rings. The number of rotatable bonds is 5. The Labute approximate surface area is 159 Å². The number of aryl methyl sites for hydroxylation is 2. The number of nitrogens with one attached hydrogen (secondary N) is 1. The third-order valence-electron chi connectivity index (χ3n) is 4.54. The summed E-state index contributed by atoms with van der Waals surface area (Å²) in [6.07, 6.45) is 5.42. The summed E-state index contributed by atoms with van der Waals surface area (Å²) in [6, 6.07) is 16.9. The molecule has 0 saturated heterocycles. The van der Waals surface area contributed by atoms with E-state index in [2.05, 4.69) is 52.6 Å². The molecule has 0 fully saturated rings. The number of aromatic nitrogens is 3. The molecule has 4 aromatic rings. The summed E-state index contributed by atoms with van der Waals surface area (Å²) >= 11 is 0. The number of benzene rings is 2. The van der Waals surface area contributed by atoms with Crippen LogP contribution in [0.2, 0.25) is 0 Å². The highest BCUT2D eigenvalue weighted by Gasteiger charge is 2.08. The van der Waals surface area contributed by atoms with Crippen LogP contribution in [0.15, 0.2) is 54.9 Å². The highest BCUT2D eigenvalue weighted by atomic mass is 35.5. The Morgan fingerprint density at radius 3 is 2.50 bits per heavy atom. The van der Waals surface area contributed by atoms with E-state index in [4.69, 9.17) is 0 Å². The van der Waals surface area contributed by atoms with Crippen molar-refractivity contribution < 1.29 is 0 Å². The summed E-state index contributed by atoms with van der Waals surface area (Å²) in [5.74, 6) is 0. The Morgan fingerprint density at radius 2 is 1.73 bits per heavy atom. The molecule has 134 valence electrons. The van der Waals surface area contributed by atoms with Crippen LogP contribution in [0.4, 0.5) is 5.69 Å². The number of pyridine rings is 1. The van der Waals surface area contributed by atoms with E-state index in [1.165, 1.54) is 18.4 Å². The number of hydrogen-bond donors (Lipinski definition) is 1. The van der Waals surface area contributed by atoms with Crippen molar-refractivity contribution in [1.29, 1.82) is 0 Å². The molecule has 2 heterocycles. The zero-order chi connectivity index (χ0) is 17.2. The molecule has 4 nitrogen and oxygen atoms in total. The van der Waals surface area contributed by atoms with Crippen LogP contribution in [0.5, 0.6) is 0 Å². The zero-order valence-electron chi connectivity index (χ0n) is 15.1. The number of fused-ring (bicyclic) bond motifs is 3. The minimum absolute atomic E-state index is 0. The largest absolute Gasteiger partial charge is 0.293 e. The van der Waals surface area contributed by atoms with Crippen LogP contribution in [0.3, 0.4) is 0 Å².